The Morgan fingerprint density at radius 3 is 2.06 bits per heavy atom. The first kappa shape index (κ1) is 14.0. The van der Waals surface area contributed by atoms with Crippen LogP contribution in [0.5, 0.6) is 0 Å². The SMILES string of the molecule is CCc1cc(C(F)(F)F)nc(C(C)(C)C)c1C. The molecule has 0 unspecified atom stereocenters. The van der Waals surface area contributed by atoms with Crippen molar-refractivity contribution in [2.24, 2.45) is 0 Å². The number of rotatable bonds is 1. The van der Waals surface area contributed by atoms with Gasteiger partial charge in [0.2, 0.25) is 0 Å². The minimum Gasteiger partial charge on any atom is -0.247 e. The van der Waals surface area contributed by atoms with Crippen molar-refractivity contribution in [3.8, 4) is 0 Å². The Kier molecular flexibility index (Phi) is 3.55. The Morgan fingerprint density at radius 1 is 1.18 bits per heavy atom. The van der Waals surface area contributed by atoms with Gasteiger partial charge in [-0.1, -0.05) is 27.7 Å². The van der Waals surface area contributed by atoms with Gasteiger partial charge in [-0.15, -0.1) is 0 Å². The summed E-state index contributed by atoms with van der Waals surface area (Å²) in [5.41, 5.74) is 0.953. The summed E-state index contributed by atoms with van der Waals surface area (Å²) in [6, 6.07) is 1.16. The number of alkyl halides is 3. The van der Waals surface area contributed by atoms with E-state index in [4.69, 9.17) is 0 Å². The summed E-state index contributed by atoms with van der Waals surface area (Å²) >= 11 is 0. The average molecular weight is 245 g/mol. The average Bonchev–Trinajstić information content (AvgIpc) is 2.14. The molecule has 0 radical (unpaired) electrons. The van der Waals surface area contributed by atoms with Crippen LogP contribution in [-0.4, -0.2) is 4.98 Å². The van der Waals surface area contributed by atoms with Crippen molar-refractivity contribution in [2.75, 3.05) is 0 Å². The highest BCUT2D eigenvalue weighted by Crippen LogP contribution is 2.33. The number of hydrogen-bond acceptors (Lipinski definition) is 1. The highest BCUT2D eigenvalue weighted by molar-refractivity contribution is 5.36. The molecule has 0 aliphatic rings. The molecule has 0 saturated carbocycles. The zero-order chi connectivity index (χ0) is 13.4. The van der Waals surface area contributed by atoms with E-state index in [-0.39, 0.29) is 5.41 Å². The summed E-state index contributed by atoms with van der Waals surface area (Å²) in [6.45, 7) is 9.33. The van der Waals surface area contributed by atoms with Crippen molar-refractivity contribution in [1.82, 2.24) is 4.98 Å². The number of aryl methyl sites for hydroxylation is 1. The smallest absolute Gasteiger partial charge is 0.247 e. The molecule has 1 aromatic rings. The fraction of sp³-hybridized carbons (Fsp3) is 0.615. The molecule has 1 aromatic heterocycles. The van der Waals surface area contributed by atoms with E-state index in [1.807, 2.05) is 34.6 Å². The van der Waals surface area contributed by atoms with Gasteiger partial charge < -0.3 is 0 Å². The van der Waals surface area contributed by atoms with Gasteiger partial charge in [0.05, 0.1) is 0 Å². The molecule has 0 saturated heterocycles. The van der Waals surface area contributed by atoms with Crippen LogP contribution in [0.2, 0.25) is 0 Å². The fourth-order valence-electron chi connectivity index (χ4n) is 1.90. The molecule has 0 N–H and O–H groups in total. The molecule has 0 aliphatic carbocycles. The van der Waals surface area contributed by atoms with Crippen molar-refractivity contribution in [1.29, 1.82) is 0 Å². The Hall–Kier alpha value is -1.06. The van der Waals surface area contributed by atoms with Crippen molar-refractivity contribution in [3.63, 3.8) is 0 Å². The van der Waals surface area contributed by atoms with E-state index in [9.17, 15) is 13.2 Å². The van der Waals surface area contributed by atoms with Gasteiger partial charge in [0.15, 0.2) is 0 Å². The molecule has 1 nitrogen and oxygen atoms in total. The lowest BCUT2D eigenvalue weighted by molar-refractivity contribution is -0.141. The van der Waals surface area contributed by atoms with E-state index >= 15 is 0 Å². The maximum atomic E-state index is 12.7. The molecule has 0 amide bonds. The molecule has 0 atom stereocenters. The van der Waals surface area contributed by atoms with Crippen molar-refractivity contribution < 1.29 is 13.2 Å². The first-order valence-electron chi connectivity index (χ1n) is 5.65. The third-order valence-corrected chi connectivity index (χ3v) is 2.76. The van der Waals surface area contributed by atoms with E-state index in [1.54, 1.807) is 0 Å². The summed E-state index contributed by atoms with van der Waals surface area (Å²) in [5.74, 6) is 0. The quantitative estimate of drug-likeness (QED) is 0.720. The van der Waals surface area contributed by atoms with Crippen LogP contribution in [0.1, 0.15) is 50.2 Å². The van der Waals surface area contributed by atoms with Crippen molar-refractivity contribution >= 4 is 0 Å². The summed E-state index contributed by atoms with van der Waals surface area (Å²) < 4.78 is 38.2. The van der Waals surface area contributed by atoms with Crippen LogP contribution in [-0.2, 0) is 18.0 Å². The predicted molar refractivity (Wildman–Crippen MR) is 62.1 cm³/mol. The van der Waals surface area contributed by atoms with E-state index < -0.39 is 11.9 Å². The van der Waals surface area contributed by atoms with Crippen LogP contribution in [0.15, 0.2) is 6.07 Å². The van der Waals surface area contributed by atoms with Gasteiger partial charge in [-0.25, -0.2) is 4.98 Å². The van der Waals surface area contributed by atoms with Gasteiger partial charge in [-0.3, -0.25) is 0 Å². The van der Waals surface area contributed by atoms with Gasteiger partial charge in [0.25, 0.3) is 0 Å². The van der Waals surface area contributed by atoms with E-state index in [1.165, 1.54) is 0 Å². The Balaban J connectivity index is 3.50. The van der Waals surface area contributed by atoms with Crippen LogP contribution < -0.4 is 0 Å². The van der Waals surface area contributed by atoms with Crippen LogP contribution >= 0.6 is 0 Å². The number of nitrogens with zero attached hydrogens (tertiary/aromatic N) is 1. The Labute approximate surface area is 100 Å². The van der Waals surface area contributed by atoms with Crippen molar-refractivity contribution in [2.45, 2.75) is 52.6 Å². The summed E-state index contributed by atoms with van der Waals surface area (Å²) in [6.07, 6.45) is -3.79. The number of pyridine rings is 1. The third-order valence-electron chi connectivity index (χ3n) is 2.76. The van der Waals surface area contributed by atoms with Gasteiger partial charge >= 0.3 is 6.18 Å². The molecule has 0 bridgehead atoms. The highest BCUT2D eigenvalue weighted by atomic mass is 19.4. The lowest BCUT2D eigenvalue weighted by atomic mass is 9.86. The molecule has 4 heteroatoms. The summed E-state index contributed by atoms with van der Waals surface area (Å²) in [7, 11) is 0. The second-order valence-corrected chi connectivity index (χ2v) is 5.24. The minimum absolute atomic E-state index is 0.380. The maximum Gasteiger partial charge on any atom is 0.433 e. The number of aromatic nitrogens is 1. The largest absolute Gasteiger partial charge is 0.433 e. The van der Waals surface area contributed by atoms with Gasteiger partial charge in [0.1, 0.15) is 5.69 Å². The van der Waals surface area contributed by atoms with Crippen LogP contribution in [0.3, 0.4) is 0 Å². The normalized spacial score (nSPS) is 12.9. The molecule has 96 valence electrons. The second kappa shape index (κ2) is 4.31. The summed E-state index contributed by atoms with van der Waals surface area (Å²) in [5, 5.41) is 0. The monoisotopic (exact) mass is 245 g/mol. The molecule has 0 fully saturated rings. The van der Waals surface area contributed by atoms with E-state index in [0.29, 0.717) is 12.1 Å². The molecule has 0 aliphatic heterocycles. The Bertz CT molecular complexity index is 414. The second-order valence-electron chi connectivity index (χ2n) is 5.24. The van der Waals surface area contributed by atoms with Crippen molar-refractivity contribution in [3.05, 3.63) is 28.6 Å². The van der Waals surface area contributed by atoms with Gasteiger partial charge in [0, 0.05) is 11.1 Å². The zero-order valence-corrected chi connectivity index (χ0v) is 10.9. The minimum atomic E-state index is -4.38. The lowest BCUT2D eigenvalue weighted by Crippen LogP contribution is -2.20. The molecular weight excluding hydrogens is 227 g/mol. The van der Waals surface area contributed by atoms with Gasteiger partial charge in [-0.2, -0.15) is 13.2 Å². The van der Waals surface area contributed by atoms with Crippen LogP contribution in [0.25, 0.3) is 0 Å². The third kappa shape index (κ3) is 2.99. The summed E-state index contributed by atoms with van der Waals surface area (Å²) in [4.78, 5) is 3.80. The molecule has 1 rings (SSSR count). The molecule has 0 aromatic carbocycles. The predicted octanol–water partition coefficient (Wildman–Crippen LogP) is 4.27. The van der Waals surface area contributed by atoms with Crippen LogP contribution in [0.4, 0.5) is 13.2 Å². The van der Waals surface area contributed by atoms with Gasteiger partial charge in [-0.05, 0) is 30.5 Å². The standard InChI is InChI=1S/C13H18F3N/c1-6-9-7-10(13(14,15)16)17-11(8(9)2)12(3,4)5/h7H,6H2,1-5H3. The number of halogens is 3. The van der Waals surface area contributed by atoms with Crippen LogP contribution in [0, 0.1) is 6.92 Å². The molecular formula is C13H18F3N. The maximum absolute atomic E-state index is 12.7. The number of hydrogen-bond donors (Lipinski definition) is 0. The first-order valence-corrected chi connectivity index (χ1v) is 5.65. The Morgan fingerprint density at radius 2 is 1.71 bits per heavy atom. The zero-order valence-electron chi connectivity index (χ0n) is 10.9. The topological polar surface area (TPSA) is 12.9 Å². The molecule has 0 spiro atoms. The molecule has 1 heterocycles. The highest BCUT2D eigenvalue weighted by Gasteiger charge is 2.35. The fourth-order valence-corrected chi connectivity index (χ4v) is 1.90. The first-order chi connectivity index (χ1) is 7.57. The van der Waals surface area contributed by atoms with E-state index in [0.717, 1.165) is 17.2 Å². The lowest BCUT2D eigenvalue weighted by Gasteiger charge is -2.23. The van der Waals surface area contributed by atoms with E-state index in [2.05, 4.69) is 4.98 Å². The molecule has 17 heavy (non-hydrogen) atoms.